The summed E-state index contributed by atoms with van der Waals surface area (Å²) in [6, 6.07) is 5.50. The number of piperazine rings is 1. The molecule has 1 aliphatic heterocycles. The third-order valence-corrected chi connectivity index (χ3v) is 3.62. The van der Waals surface area contributed by atoms with Gasteiger partial charge in [-0.2, -0.15) is 0 Å². The van der Waals surface area contributed by atoms with Crippen LogP contribution in [0.4, 0.5) is 4.79 Å². The second-order valence-electron chi connectivity index (χ2n) is 5.03. The van der Waals surface area contributed by atoms with Crippen molar-refractivity contribution >= 4 is 6.09 Å². The lowest BCUT2D eigenvalue weighted by atomic mass is 10.1. The molecule has 2 rings (SSSR count). The van der Waals surface area contributed by atoms with Gasteiger partial charge < -0.3 is 29.5 Å². The van der Waals surface area contributed by atoms with Crippen LogP contribution in [-0.2, 0) is 0 Å². The van der Waals surface area contributed by atoms with Crippen LogP contribution >= 0.6 is 0 Å². The van der Waals surface area contributed by atoms with E-state index in [1.165, 1.54) is 4.90 Å². The number of rotatable bonds is 6. The van der Waals surface area contributed by atoms with Gasteiger partial charge in [-0.25, -0.2) is 4.79 Å². The van der Waals surface area contributed by atoms with E-state index in [4.69, 9.17) is 19.3 Å². The summed E-state index contributed by atoms with van der Waals surface area (Å²) in [5, 5.41) is 12.3. The quantitative estimate of drug-likeness (QED) is 0.827. The average Bonchev–Trinajstić information content (AvgIpc) is 2.55. The van der Waals surface area contributed by atoms with Crippen LogP contribution in [0.3, 0.4) is 0 Å². The van der Waals surface area contributed by atoms with Crippen molar-refractivity contribution in [2.45, 2.75) is 12.5 Å². The standard InChI is InChI=1S/C15H22N2O5/c1-20-13-4-3-12(9-14(13)21-2)22-8-5-11-10-17(15(18)19)7-6-16-11/h3-4,9,11,16H,5-8,10H2,1-2H3,(H,18,19)/t11-/m1/s1. The molecule has 1 atom stereocenters. The highest BCUT2D eigenvalue weighted by atomic mass is 16.5. The van der Waals surface area contributed by atoms with Crippen molar-refractivity contribution in [1.29, 1.82) is 0 Å². The maximum Gasteiger partial charge on any atom is 0.407 e. The Kier molecular flexibility index (Phi) is 5.71. The monoisotopic (exact) mass is 310 g/mol. The smallest absolute Gasteiger partial charge is 0.407 e. The van der Waals surface area contributed by atoms with Gasteiger partial charge in [-0.3, -0.25) is 0 Å². The third-order valence-electron chi connectivity index (χ3n) is 3.62. The Hall–Kier alpha value is -2.15. The van der Waals surface area contributed by atoms with Gasteiger partial charge in [0.1, 0.15) is 5.75 Å². The topological polar surface area (TPSA) is 80.3 Å². The van der Waals surface area contributed by atoms with Gasteiger partial charge in [0.25, 0.3) is 0 Å². The SMILES string of the molecule is COc1ccc(OCC[C@@H]2CN(C(=O)O)CCN2)cc1OC. The molecule has 0 radical (unpaired) electrons. The summed E-state index contributed by atoms with van der Waals surface area (Å²) in [4.78, 5) is 12.4. The fraction of sp³-hybridized carbons (Fsp3) is 0.533. The van der Waals surface area contributed by atoms with Gasteiger partial charge in [-0.15, -0.1) is 0 Å². The van der Waals surface area contributed by atoms with Crippen molar-refractivity contribution in [2.75, 3.05) is 40.5 Å². The molecule has 122 valence electrons. The van der Waals surface area contributed by atoms with E-state index in [1.54, 1.807) is 26.4 Å². The van der Waals surface area contributed by atoms with Crippen molar-refractivity contribution in [3.63, 3.8) is 0 Å². The minimum atomic E-state index is -0.868. The van der Waals surface area contributed by atoms with Gasteiger partial charge >= 0.3 is 6.09 Å². The first-order valence-corrected chi connectivity index (χ1v) is 7.20. The summed E-state index contributed by atoms with van der Waals surface area (Å²) in [6.07, 6.45) is -0.134. The van der Waals surface area contributed by atoms with Gasteiger partial charge in [0.05, 0.1) is 20.8 Å². The maximum atomic E-state index is 11.0. The number of benzene rings is 1. The van der Waals surface area contributed by atoms with Crippen LogP contribution in [0.2, 0.25) is 0 Å². The molecule has 1 aliphatic rings. The molecule has 0 bridgehead atoms. The van der Waals surface area contributed by atoms with E-state index in [1.807, 2.05) is 6.07 Å². The molecule has 0 unspecified atom stereocenters. The summed E-state index contributed by atoms with van der Waals surface area (Å²) >= 11 is 0. The number of hydrogen-bond acceptors (Lipinski definition) is 5. The van der Waals surface area contributed by atoms with Crippen molar-refractivity contribution in [1.82, 2.24) is 10.2 Å². The summed E-state index contributed by atoms with van der Waals surface area (Å²) in [5.41, 5.74) is 0. The first-order chi connectivity index (χ1) is 10.6. The number of carboxylic acid groups (broad SMARTS) is 1. The molecule has 0 aromatic heterocycles. The number of amides is 1. The van der Waals surface area contributed by atoms with Crippen LogP contribution < -0.4 is 19.5 Å². The molecule has 0 aliphatic carbocycles. The van der Waals surface area contributed by atoms with Crippen molar-refractivity contribution in [2.24, 2.45) is 0 Å². The molecule has 1 fully saturated rings. The minimum Gasteiger partial charge on any atom is -0.493 e. The van der Waals surface area contributed by atoms with Gasteiger partial charge in [-0.1, -0.05) is 0 Å². The third kappa shape index (κ3) is 4.17. The van der Waals surface area contributed by atoms with Crippen molar-refractivity contribution < 1.29 is 24.1 Å². The molecular weight excluding hydrogens is 288 g/mol. The molecular formula is C15H22N2O5. The van der Waals surface area contributed by atoms with Crippen molar-refractivity contribution in [3.8, 4) is 17.2 Å². The van der Waals surface area contributed by atoms with Gasteiger partial charge in [0, 0.05) is 31.7 Å². The lowest BCUT2D eigenvalue weighted by molar-refractivity contribution is 0.124. The molecule has 1 aromatic carbocycles. The summed E-state index contributed by atoms with van der Waals surface area (Å²) in [6.45, 7) is 2.20. The molecule has 7 heteroatoms. The molecule has 22 heavy (non-hydrogen) atoms. The first kappa shape index (κ1) is 16.2. The summed E-state index contributed by atoms with van der Waals surface area (Å²) in [5.74, 6) is 1.97. The fourth-order valence-corrected chi connectivity index (χ4v) is 2.42. The Balaban J connectivity index is 1.82. The second-order valence-corrected chi connectivity index (χ2v) is 5.03. The van der Waals surface area contributed by atoms with E-state index in [0.29, 0.717) is 43.5 Å². The Labute approximate surface area is 129 Å². The normalized spacial score (nSPS) is 17.9. The largest absolute Gasteiger partial charge is 0.493 e. The maximum absolute atomic E-state index is 11.0. The molecule has 2 N–H and O–H groups in total. The lowest BCUT2D eigenvalue weighted by Gasteiger charge is -2.31. The predicted octanol–water partition coefficient (Wildman–Crippen LogP) is 1.42. The number of methoxy groups -OCH3 is 2. The average molecular weight is 310 g/mol. The number of ether oxygens (including phenoxy) is 3. The van der Waals surface area contributed by atoms with Gasteiger partial charge in [-0.05, 0) is 18.6 Å². The van der Waals surface area contributed by atoms with Crippen molar-refractivity contribution in [3.05, 3.63) is 18.2 Å². The fourth-order valence-electron chi connectivity index (χ4n) is 2.42. The number of nitrogens with one attached hydrogen (secondary N) is 1. The minimum absolute atomic E-state index is 0.116. The molecule has 1 saturated heterocycles. The highest BCUT2D eigenvalue weighted by Crippen LogP contribution is 2.30. The van der Waals surface area contributed by atoms with E-state index in [9.17, 15) is 4.79 Å². The zero-order valence-electron chi connectivity index (χ0n) is 12.9. The van der Waals surface area contributed by atoms with Crippen LogP contribution in [0.5, 0.6) is 17.2 Å². The number of nitrogens with zero attached hydrogens (tertiary/aromatic N) is 1. The van der Waals surface area contributed by atoms with Crippen LogP contribution in [0.25, 0.3) is 0 Å². The zero-order chi connectivity index (χ0) is 15.9. The summed E-state index contributed by atoms with van der Waals surface area (Å²) in [7, 11) is 3.16. The summed E-state index contributed by atoms with van der Waals surface area (Å²) < 4.78 is 16.1. The van der Waals surface area contributed by atoms with E-state index >= 15 is 0 Å². The Morgan fingerprint density at radius 3 is 2.82 bits per heavy atom. The Morgan fingerprint density at radius 1 is 1.36 bits per heavy atom. The van der Waals surface area contributed by atoms with E-state index in [0.717, 1.165) is 6.42 Å². The molecule has 1 amide bonds. The van der Waals surface area contributed by atoms with E-state index in [2.05, 4.69) is 5.32 Å². The van der Waals surface area contributed by atoms with Crippen LogP contribution in [0.1, 0.15) is 6.42 Å². The molecule has 0 spiro atoms. The Morgan fingerprint density at radius 2 is 2.14 bits per heavy atom. The molecule has 0 saturated carbocycles. The molecule has 1 aromatic rings. The highest BCUT2D eigenvalue weighted by molar-refractivity contribution is 5.65. The predicted molar refractivity (Wildman–Crippen MR) is 81.0 cm³/mol. The van der Waals surface area contributed by atoms with Crippen LogP contribution in [-0.4, -0.2) is 62.6 Å². The van der Waals surface area contributed by atoms with E-state index < -0.39 is 6.09 Å². The highest BCUT2D eigenvalue weighted by Gasteiger charge is 2.22. The number of carbonyl (C=O) groups is 1. The second kappa shape index (κ2) is 7.74. The molecule has 1 heterocycles. The van der Waals surface area contributed by atoms with Crippen LogP contribution in [0, 0.1) is 0 Å². The lowest BCUT2D eigenvalue weighted by Crippen LogP contribution is -2.52. The first-order valence-electron chi connectivity index (χ1n) is 7.20. The zero-order valence-corrected chi connectivity index (χ0v) is 12.9. The number of hydrogen-bond donors (Lipinski definition) is 2. The van der Waals surface area contributed by atoms with Crippen LogP contribution in [0.15, 0.2) is 18.2 Å². The molecule has 7 nitrogen and oxygen atoms in total. The van der Waals surface area contributed by atoms with E-state index in [-0.39, 0.29) is 6.04 Å². The van der Waals surface area contributed by atoms with Gasteiger partial charge in [0.2, 0.25) is 0 Å². The van der Waals surface area contributed by atoms with Gasteiger partial charge in [0.15, 0.2) is 11.5 Å². The Bertz CT molecular complexity index is 509.